The third-order valence-electron chi connectivity index (χ3n) is 1.15. The van der Waals surface area contributed by atoms with Crippen LogP contribution in [0.1, 0.15) is 5.69 Å². The van der Waals surface area contributed by atoms with E-state index in [1.54, 1.807) is 6.07 Å². The molecule has 0 aliphatic rings. The SMILES string of the molecule is N#Cc1ccc(S(=O)C(F)(F)F)nn1. The van der Waals surface area contributed by atoms with Gasteiger partial charge in [-0.2, -0.15) is 18.4 Å². The molecule has 0 N–H and O–H groups in total. The van der Waals surface area contributed by atoms with Crippen molar-refractivity contribution in [3.8, 4) is 6.07 Å². The quantitative estimate of drug-likeness (QED) is 0.708. The number of nitrogens with zero attached hydrogens (tertiary/aromatic N) is 3. The molecule has 0 bridgehead atoms. The molecular formula is C6H2F3N3OS. The first kappa shape index (κ1) is 10.6. The summed E-state index contributed by atoms with van der Waals surface area (Å²) in [4.78, 5) is 0. The van der Waals surface area contributed by atoms with E-state index < -0.39 is 21.3 Å². The molecule has 14 heavy (non-hydrogen) atoms. The molecule has 0 saturated carbocycles. The van der Waals surface area contributed by atoms with Crippen LogP contribution in [-0.4, -0.2) is 19.9 Å². The lowest BCUT2D eigenvalue weighted by Crippen LogP contribution is -2.17. The molecule has 0 radical (unpaired) electrons. The monoisotopic (exact) mass is 221 g/mol. The highest BCUT2D eigenvalue weighted by atomic mass is 32.2. The predicted octanol–water partition coefficient (Wildman–Crippen LogP) is 0.976. The molecule has 74 valence electrons. The number of nitriles is 1. The Morgan fingerprint density at radius 1 is 1.36 bits per heavy atom. The maximum Gasteiger partial charge on any atom is 0.477 e. The number of rotatable bonds is 1. The van der Waals surface area contributed by atoms with Crippen molar-refractivity contribution < 1.29 is 17.4 Å². The zero-order chi connectivity index (χ0) is 10.8. The topological polar surface area (TPSA) is 66.6 Å². The molecule has 0 aliphatic carbocycles. The average molecular weight is 221 g/mol. The minimum atomic E-state index is -4.86. The van der Waals surface area contributed by atoms with E-state index in [0.29, 0.717) is 0 Å². The number of hydrogen-bond acceptors (Lipinski definition) is 4. The van der Waals surface area contributed by atoms with Crippen molar-refractivity contribution in [3.63, 3.8) is 0 Å². The van der Waals surface area contributed by atoms with Crippen molar-refractivity contribution in [2.45, 2.75) is 10.5 Å². The predicted molar refractivity (Wildman–Crippen MR) is 39.2 cm³/mol. The van der Waals surface area contributed by atoms with E-state index in [1.807, 2.05) is 0 Å². The Hall–Kier alpha value is -1.49. The summed E-state index contributed by atoms with van der Waals surface area (Å²) in [5, 5.41) is 13.7. The molecule has 1 rings (SSSR count). The van der Waals surface area contributed by atoms with E-state index in [9.17, 15) is 17.4 Å². The highest BCUT2D eigenvalue weighted by molar-refractivity contribution is 7.85. The summed E-state index contributed by atoms with van der Waals surface area (Å²) in [5.74, 6) is 0. The van der Waals surface area contributed by atoms with Gasteiger partial charge in [-0.15, -0.1) is 10.2 Å². The van der Waals surface area contributed by atoms with E-state index >= 15 is 0 Å². The molecule has 0 saturated heterocycles. The van der Waals surface area contributed by atoms with Gasteiger partial charge in [0.2, 0.25) is 0 Å². The van der Waals surface area contributed by atoms with Crippen LogP contribution in [0.5, 0.6) is 0 Å². The van der Waals surface area contributed by atoms with Gasteiger partial charge in [0.1, 0.15) is 6.07 Å². The maximum absolute atomic E-state index is 11.9. The Labute approximate surface area is 78.8 Å². The van der Waals surface area contributed by atoms with Crippen molar-refractivity contribution in [3.05, 3.63) is 17.8 Å². The van der Waals surface area contributed by atoms with Crippen molar-refractivity contribution in [2.24, 2.45) is 0 Å². The van der Waals surface area contributed by atoms with Crippen molar-refractivity contribution in [1.82, 2.24) is 10.2 Å². The van der Waals surface area contributed by atoms with Crippen LogP contribution in [0.3, 0.4) is 0 Å². The van der Waals surface area contributed by atoms with Gasteiger partial charge in [-0.05, 0) is 12.1 Å². The Kier molecular flexibility index (Phi) is 2.81. The van der Waals surface area contributed by atoms with Crippen LogP contribution in [-0.2, 0) is 10.8 Å². The maximum atomic E-state index is 11.9. The Morgan fingerprint density at radius 2 is 2.00 bits per heavy atom. The fourth-order valence-electron chi connectivity index (χ4n) is 0.597. The summed E-state index contributed by atoms with van der Waals surface area (Å²) in [6, 6.07) is 3.45. The molecule has 1 aromatic heterocycles. The fraction of sp³-hybridized carbons (Fsp3) is 0.167. The Bertz CT molecular complexity index is 394. The summed E-state index contributed by atoms with van der Waals surface area (Å²) < 4.78 is 46.3. The van der Waals surface area contributed by atoms with Gasteiger partial charge >= 0.3 is 5.51 Å². The first-order valence-corrected chi connectivity index (χ1v) is 4.32. The first-order chi connectivity index (χ1) is 6.45. The number of alkyl halides is 3. The minimum absolute atomic E-state index is 0.132. The summed E-state index contributed by atoms with van der Waals surface area (Å²) in [5.41, 5.74) is -4.99. The van der Waals surface area contributed by atoms with Crippen molar-refractivity contribution in [2.75, 3.05) is 0 Å². The van der Waals surface area contributed by atoms with Crippen LogP contribution in [0.15, 0.2) is 17.2 Å². The van der Waals surface area contributed by atoms with Gasteiger partial charge in [0, 0.05) is 0 Å². The normalized spacial score (nSPS) is 13.3. The van der Waals surface area contributed by atoms with Gasteiger partial charge in [0.05, 0.1) is 0 Å². The van der Waals surface area contributed by atoms with E-state index in [0.717, 1.165) is 12.1 Å². The van der Waals surface area contributed by atoms with Crippen LogP contribution in [0.4, 0.5) is 13.2 Å². The highest BCUT2D eigenvalue weighted by Gasteiger charge is 2.39. The van der Waals surface area contributed by atoms with Crippen LogP contribution in [0, 0.1) is 11.3 Å². The number of aromatic nitrogens is 2. The summed E-state index contributed by atoms with van der Waals surface area (Å²) in [7, 11) is -3.19. The molecule has 0 spiro atoms. The third-order valence-corrected chi connectivity index (χ3v) is 2.17. The fourth-order valence-corrected chi connectivity index (χ4v) is 1.14. The van der Waals surface area contributed by atoms with Gasteiger partial charge in [-0.3, -0.25) is 0 Å². The lowest BCUT2D eigenvalue weighted by Gasteiger charge is -2.03. The van der Waals surface area contributed by atoms with Crippen LogP contribution < -0.4 is 0 Å². The van der Waals surface area contributed by atoms with Crippen molar-refractivity contribution in [1.29, 1.82) is 5.26 Å². The lowest BCUT2D eigenvalue weighted by molar-refractivity contribution is -0.0386. The highest BCUT2D eigenvalue weighted by Crippen LogP contribution is 2.24. The van der Waals surface area contributed by atoms with Crippen molar-refractivity contribution >= 4 is 10.8 Å². The molecule has 1 heterocycles. The van der Waals surface area contributed by atoms with E-state index in [1.165, 1.54) is 0 Å². The van der Waals surface area contributed by atoms with Crippen LogP contribution >= 0.6 is 0 Å². The van der Waals surface area contributed by atoms with Gasteiger partial charge in [-0.25, -0.2) is 4.21 Å². The first-order valence-electron chi connectivity index (χ1n) is 3.17. The molecule has 0 aromatic carbocycles. The van der Waals surface area contributed by atoms with E-state index in [-0.39, 0.29) is 5.69 Å². The Balaban J connectivity index is 3.00. The minimum Gasteiger partial charge on any atom is -0.243 e. The molecule has 4 nitrogen and oxygen atoms in total. The summed E-state index contributed by atoms with van der Waals surface area (Å²) >= 11 is 0. The molecule has 0 amide bonds. The molecular weight excluding hydrogens is 219 g/mol. The van der Waals surface area contributed by atoms with E-state index in [4.69, 9.17) is 5.26 Å². The molecule has 0 fully saturated rings. The smallest absolute Gasteiger partial charge is 0.243 e. The molecule has 1 atom stereocenters. The second-order valence-corrected chi connectivity index (χ2v) is 3.50. The number of halogens is 3. The van der Waals surface area contributed by atoms with Crippen LogP contribution in [0.2, 0.25) is 0 Å². The standard InChI is InChI=1S/C6H2F3N3OS/c7-6(8,9)14(13)5-2-1-4(3-10)11-12-5/h1-2H. The second kappa shape index (κ2) is 3.71. The zero-order valence-corrected chi connectivity index (χ0v) is 7.26. The third kappa shape index (κ3) is 2.26. The molecule has 1 aromatic rings. The zero-order valence-electron chi connectivity index (χ0n) is 6.45. The lowest BCUT2D eigenvalue weighted by atomic mass is 10.4. The number of hydrogen-bond donors (Lipinski definition) is 0. The average Bonchev–Trinajstić information content (AvgIpc) is 2.15. The second-order valence-electron chi connectivity index (χ2n) is 2.08. The van der Waals surface area contributed by atoms with Crippen LogP contribution in [0.25, 0.3) is 0 Å². The van der Waals surface area contributed by atoms with Gasteiger partial charge in [-0.1, -0.05) is 0 Å². The Morgan fingerprint density at radius 3 is 2.36 bits per heavy atom. The summed E-state index contributed by atoms with van der Waals surface area (Å²) in [6.45, 7) is 0. The van der Waals surface area contributed by atoms with Gasteiger partial charge in [0.15, 0.2) is 21.5 Å². The summed E-state index contributed by atoms with van der Waals surface area (Å²) in [6.07, 6.45) is 0. The largest absolute Gasteiger partial charge is 0.477 e. The van der Waals surface area contributed by atoms with Gasteiger partial charge < -0.3 is 0 Å². The van der Waals surface area contributed by atoms with Gasteiger partial charge in [0.25, 0.3) is 0 Å². The molecule has 8 heteroatoms. The molecule has 1 unspecified atom stereocenters. The molecule has 0 aliphatic heterocycles. The van der Waals surface area contributed by atoms with E-state index in [2.05, 4.69) is 10.2 Å².